The van der Waals surface area contributed by atoms with Crippen LogP contribution in [-0.4, -0.2) is 49.4 Å². The number of hydrogen-bond acceptors (Lipinski definition) is 7. The van der Waals surface area contributed by atoms with E-state index in [2.05, 4.69) is 21.1 Å². The summed E-state index contributed by atoms with van der Waals surface area (Å²) in [6.07, 6.45) is 7.68. The van der Waals surface area contributed by atoms with Crippen LogP contribution in [-0.2, 0) is 40.6 Å². The summed E-state index contributed by atoms with van der Waals surface area (Å²) in [5.41, 5.74) is 6.39. The first-order valence-electron chi connectivity index (χ1n) is 10.7. The van der Waals surface area contributed by atoms with E-state index in [0.717, 1.165) is 44.2 Å². The van der Waals surface area contributed by atoms with Crippen LogP contribution in [0.5, 0.6) is 0 Å². The van der Waals surface area contributed by atoms with E-state index < -0.39 is 16.1 Å². The van der Waals surface area contributed by atoms with Crippen molar-refractivity contribution in [3.05, 3.63) is 40.3 Å². The third kappa shape index (κ3) is 3.83. The number of benzene rings is 1. The molecule has 2 aromatic rings. The van der Waals surface area contributed by atoms with Crippen LogP contribution >= 0.6 is 0 Å². The van der Waals surface area contributed by atoms with Gasteiger partial charge in [-0.25, -0.2) is 9.71 Å². The molecule has 0 saturated carbocycles. The number of nitrogens with one attached hydrogen (secondary N) is 2. The molecule has 1 aromatic carbocycles. The minimum Gasteiger partial charge on any atom is -0.418 e. The van der Waals surface area contributed by atoms with Crippen LogP contribution < -0.4 is 10.0 Å². The smallest absolute Gasteiger partial charge is 0.304 e. The van der Waals surface area contributed by atoms with Crippen molar-refractivity contribution in [1.82, 2.24) is 14.0 Å². The highest BCUT2D eigenvalue weighted by Gasteiger charge is 2.32. The lowest BCUT2D eigenvalue weighted by Crippen LogP contribution is -2.52. The molecule has 2 heterocycles. The van der Waals surface area contributed by atoms with Crippen molar-refractivity contribution in [2.45, 2.75) is 51.5 Å². The molecule has 5 rings (SSSR count). The van der Waals surface area contributed by atoms with Gasteiger partial charge in [0, 0.05) is 18.3 Å². The van der Waals surface area contributed by atoms with Gasteiger partial charge >= 0.3 is 16.1 Å². The van der Waals surface area contributed by atoms with Crippen LogP contribution in [0.1, 0.15) is 52.6 Å². The van der Waals surface area contributed by atoms with Gasteiger partial charge in [-0.1, -0.05) is 6.07 Å². The second kappa shape index (κ2) is 7.92. The number of rotatable bonds is 5. The van der Waals surface area contributed by atoms with Crippen LogP contribution in [0.3, 0.4) is 0 Å². The number of amides is 1. The SMILES string of the molecule is CC1COCCN1S(=O)(=O)NC(=O)c1cnc(Nc2c3c(cc4c2CCC4)CCC3)o1. The molecular weight excluding hydrogens is 420 g/mol. The number of carbonyl (C=O) groups excluding carboxylic acids is 1. The second-order valence-corrected chi connectivity index (χ2v) is 9.98. The van der Waals surface area contributed by atoms with E-state index in [0.29, 0.717) is 6.61 Å². The van der Waals surface area contributed by atoms with Gasteiger partial charge in [0.1, 0.15) is 0 Å². The molecule has 31 heavy (non-hydrogen) atoms. The Morgan fingerprint density at radius 2 is 1.87 bits per heavy atom. The zero-order valence-electron chi connectivity index (χ0n) is 17.4. The minimum absolute atomic E-state index is 0.156. The van der Waals surface area contributed by atoms with Gasteiger partial charge in [0.15, 0.2) is 0 Å². The van der Waals surface area contributed by atoms with Gasteiger partial charge in [0.05, 0.1) is 19.4 Å². The Labute approximate surface area is 181 Å². The summed E-state index contributed by atoms with van der Waals surface area (Å²) in [4.78, 5) is 16.7. The Morgan fingerprint density at radius 3 is 2.55 bits per heavy atom. The van der Waals surface area contributed by atoms with E-state index in [1.165, 1.54) is 32.8 Å². The van der Waals surface area contributed by atoms with Gasteiger partial charge in [-0.3, -0.25) is 4.79 Å². The van der Waals surface area contributed by atoms with Crippen LogP contribution in [0.25, 0.3) is 0 Å². The lowest BCUT2D eigenvalue weighted by atomic mass is 9.99. The highest BCUT2D eigenvalue weighted by Crippen LogP contribution is 2.39. The number of ether oxygens (including phenoxy) is 1. The van der Waals surface area contributed by atoms with Crippen molar-refractivity contribution in [2.75, 3.05) is 25.1 Å². The summed E-state index contributed by atoms with van der Waals surface area (Å²) in [5.74, 6) is -1.00. The Balaban J connectivity index is 1.34. The number of oxazole rings is 1. The molecule has 2 N–H and O–H groups in total. The van der Waals surface area contributed by atoms with Crippen molar-refractivity contribution in [1.29, 1.82) is 0 Å². The molecule has 1 saturated heterocycles. The minimum atomic E-state index is -4.00. The number of morpholine rings is 1. The summed E-state index contributed by atoms with van der Waals surface area (Å²) in [5, 5.41) is 3.28. The maximum atomic E-state index is 12.6. The van der Waals surface area contributed by atoms with Crippen LogP contribution in [0, 0.1) is 0 Å². The molecule has 1 unspecified atom stereocenters. The molecule has 1 aliphatic heterocycles. The third-order valence-electron chi connectivity index (χ3n) is 6.27. The number of hydrogen-bond donors (Lipinski definition) is 2. The summed E-state index contributed by atoms with van der Waals surface area (Å²) in [6, 6.07) is 2.17. The Bertz CT molecular complexity index is 1090. The van der Waals surface area contributed by atoms with Gasteiger partial charge in [-0.05, 0) is 67.7 Å². The molecular formula is C21H26N4O5S. The van der Waals surface area contributed by atoms with Gasteiger partial charge in [0.2, 0.25) is 5.76 Å². The highest BCUT2D eigenvalue weighted by molar-refractivity contribution is 7.87. The summed E-state index contributed by atoms with van der Waals surface area (Å²) in [6.45, 7) is 2.51. The zero-order chi connectivity index (χ0) is 21.6. The van der Waals surface area contributed by atoms with Crippen molar-refractivity contribution in [3.63, 3.8) is 0 Å². The average Bonchev–Trinajstić information content (AvgIpc) is 3.48. The summed E-state index contributed by atoms with van der Waals surface area (Å²) in [7, 11) is -4.00. The maximum absolute atomic E-state index is 12.6. The molecule has 1 atom stereocenters. The highest BCUT2D eigenvalue weighted by atomic mass is 32.2. The molecule has 0 bridgehead atoms. The Hall–Kier alpha value is -2.43. The molecule has 0 spiro atoms. The average molecular weight is 447 g/mol. The number of fused-ring (bicyclic) bond motifs is 2. The second-order valence-electron chi connectivity index (χ2n) is 8.36. The van der Waals surface area contributed by atoms with E-state index >= 15 is 0 Å². The molecule has 166 valence electrons. The first kappa shape index (κ1) is 20.5. The zero-order valence-corrected chi connectivity index (χ0v) is 18.3. The fraction of sp³-hybridized carbons (Fsp3) is 0.524. The fourth-order valence-corrected chi connectivity index (χ4v) is 6.11. The summed E-state index contributed by atoms with van der Waals surface area (Å²) >= 11 is 0. The molecule has 1 amide bonds. The fourth-order valence-electron chi connectivity index (χ4n) is 4.81. The quantitative estimate of drug-likeness (QED) is 0.723. The van der Waals surface area contributed by atoms with Crippen molar-refractivity contribution >= 4 is 27.8 Å². The van der Waals surface area contributed by atoms with Gasteiger partial charge in [-0.2, -0.15) is 12.7 Å². The number of carbonyl (C=O) groups is 1. The number of aromatic nitrogens is 1. The van der Waals surface area contributed by atoms with Crippen molar-refractivity contribution in [2.24, 2.45) is 0 Å². The summed E-state index contributed by atoms with van der Waals surface area (Å²) < 4.78 is 39.3. The number of anilines is 2. The Kier molecular flexibility index (Phi) is 5.23. The van der Waals surface area contributed by atoms with Crippen LogP contribution in [0.4, 0.5) is 11.7 Å². The Morgan fingerprint density at radius 1 is 1.16 bits per heavy atom. The normalized spacial score (nSPS) is 21.0. The van der Waals surface area contributed by atoms with E-state index in [1.54, 1.807) is 6.92 Å². The van der Waals surface area contributed by atoms with E-state index in [4.69, 9.17) is 9.15 Å². The van der Waals surface area contributed by atoms with E-state index in [1.807, 2.05) is 0 Å². The van der Waals surface area contributed by atoms with Crippen LogP contribution in [0.15, 0.2) is 16.7 Å². The lowest BCUT2D eigenvalue weighted by Gasteiger charge is -2.31. The third-order valence-corrected chi connectivity index (χ3v) is 7.87. The first-order valence-corrected chi connectivity index (χ1v) is 12.2. The van der Waals surface area contributed by atoms with Gasteiger partial charge < -0.3 is 14.5 Å². The molecule has 9 nitrogen and oxygen atoms in total. The topological polar surface area (TPSA) is 114 Å². The molecule has 1 fully saturated rings. The maximum Gasteiger partial charge on any atom is 0.304 e. The monoisotopic (exact) mass is 446 g/mol. The standard InChI is InChI=1S/C21H26N4O5S/c1-13-12-29-9-8-25(13)31(27,28)24-20(26)18-11-22-21(30-18)23-19-16-6-2-4-14(16)10-15-5-3-7-17(15)19/h10-11,13H,2-9,12H2,1H3,(H,22,23)(H,24,26). The van der Waals surface area contributed by atoms with E-state index in [9.17, 15) is 13.2 Å². The van der Waals surface area contributed by atoms with Gasteiger partial charge in [0.25, 0.3) is 6.01 Å². The van der Waals surface area contributed by atoms with E-state index in [-0.39, 0.29) is 31.0 Å². The number of nitrogens with zero attached hydrogens (tertiary/aromatic N) is 2. The van der Waals surface area contributed by atoms with Gasteiger partial charge in [-0.15, -0.1) is 0 Å². The molecule has 10 heteroatoms. The van der Waals surface area contributed by atoms with Crippen molar-refractivity contribution < 1.29 is 22.4 Å². The van der Waals surface area contributed by atoms with Crippen molar-refractivity contribution in [3.8, 4) is 0 Å². The molecule has 2 aliphatic carbocycles. The lowest BCUT2D eigenvalue weighted by molar-refractivity contribution is 0.0385. The largest absolute Gasteiger partial charge is 0.418 e. The predicted octanol–water partition coefficient (Wildman–Crippen LogP) is 2.09. The molecule has 1 aromatic heterocycles. The predicted molar refractivity (Wildman–Crippen MR) is 114 cm³/mol. The van der Waals surface area contributed by atoms with Crippen LogP contribution in [0.2, 0.25) is 0 Å². The molecule has 0 radical (unpaired) electrons. The first-order chi connectivity index (χ1) is 14.9. The molecule has 3 aliphatic rings. The number of aryl methyl sites for hydroxylation is 2.